The van der Waals surface area contributed by atoms with Gasteiger partial charge >= 0.3 is 0 Å². The van der Waals surface area contributed by atoms with E-state index in [0.29, 0.717) is 0 Å². The van der Waals surface area contributed by atoms with Gasteiger partial charge in [0.05, 0.1) is 0 Å². The van der Waals surface area contributed by atoms with Gasteiger partial charge in [-0.05, 0) is 13.3 Å². The molecule has 1 unspecified atom stereocenters. The van der Waals surface area contributed by atoms with Crippen molar-refractivity contribution in [3.63, 3.8) is 0 Å². The largest absolute Gasteiger partial charge is 0.494 e. The minimum Gasteiger partial charge on any atom is -0.494 e. The van der Waals surface area contributed by atoms with Crippen molar-refractivity contribution >= 4 is 0 Å². The van der Waals surface area contributed by atoms with Crippen molar-refractivity contribution in [2.45, 2.75) is 26.3 Å². The highest BCUT2D eigenvalue weighted by molar-refractivity contribution is 5.24. The molecule has 11 heavy (non-hydrogen) atoms. The fourth-order valence-corrected chi connectivity index (χ4v) is 1.06. The van der Waals surface area contributed by atoms with Gasteiger partial charge in [0.1, 0.15) is 0 Å². The molecule has 0 aliphatic carbocycles. The van der Waals surface area contributed by atoms with Crippen LogP contribution in [-0.2, 0) is 0 Å². The smallest absolute Gasteiger partial charge is 0.194 e. The number of rotatable bonds is 2. The molecule has 0 saturated heterocycles. The summed E-state index contributed by atoms with van der Waals surface area (Å²) < 4.78 is 1.50. The third-order valence-electron chi connectivity index (χ3n) is 1.91. The zero-order valence-corrected chi connectivity index (χ0v) is 6.78. The van der Waals surface area contributed by atoms with Crippen LogP contribution in [0.5, 0.6) is 11.8 Å². The van der Waals surface area contributed by atoms with Crippen molar-refractivity contribution in [3.8, 4) is 11.8 Å². The molecule has 0 aliphatic rings. The van der Waals surface area contributed by atoms with Gasteiger partial charge in [-0.1, -0.05) is 6.92 Å². The van der Waals surface area contributed by atoms with E-state index in [0.717, 1.165) is 6.42 Å². The van der Waals surface area contributed by atoms with Gasteiger partial charge < -0.3 is 10.2 Å². The number of hydrogen-bond acceptors (Lipinski definition) is 2. The van der Waals surface area contributed by atoms with Crippen molar-refractivity contribution in [3.05, 3.63) is 12.1 Å². The molecule has 0 bridgehead atoms. The Morgan fingerprint density at radius 3 is 2.18 bits per heavy atom. The predicted octanol–water partition coefficient (Wildman–Crippen LogP) is 1.87. The van der Waals surface area contributed by atoms with Gasteiger partial charge in [0.15, 0.2) is 11.8 Å². The fraction of sp³-hybridized carbons (Fsp3) is 0.500. The van der Waals surface area contributed by atoms with Crippen molar-refractivity contribution in [2.24, 2.45) is 0 Å². The Bertz CT molecular complexity index is 223. The molecule has 0 saturated carbocycles. The Labute approximate surface area is 65.9 Å². The van der Waals surface area contributed by atoms with E-state index in [4.69, 9.17) is 0 Å². The van der Waals surface area contributed by atoms with Gasteiger partial charge in [-0.15, -0.1) is 0 Å². The zero-order chi connectivity index (χ0) is 8.43. The van der Waals surface area contributed by atoms with Crippen LogP contribution in [-0.4, -0.2) is 14.8 Å². The molecule has 1 rings (SSSR count). The molecule has 1 heterocycles. The van der Waals surface area contributed by atoms with E-state index in [1.165, 1.54) is 16.7 Å². The Balaban J connectivity index is 3.00. The molecule has 1 aromatic heterocycles. The van der Waals surface area contributed by atoms with Crippen LogP contribution in [0.2, 0.25) is 0 Å². The Morgan fingerprint density at radius 1 is 1.36 bits per heavy atom. The molecular formula is C8H13NO2. The van der Waals surface area contributed by atoms with Crippen LogP contribution in [0.1, 0.15) is 26.3 Å². The van der Waals surface area contributed by atoms with Gasteiger partial charge in [0.2, 0.25) is 0 Å². The number of nitrogens with zero attached hydrogens (tertiary/aromatic N) is 1. The molecule has 0 amide bonds. The summed E-state index contributed by atoms with van der Waals surface area (Å²) in [6, 6.07) is 3.12. The zero-order valence-electron chi connectivity index (χ0n) is 6.78. The predicted molar refractivity (Wildman–Crippen MR) is 42.8 cm³/mol. The van der Waals surface area contributed by atoms with Crippen molar-refractivity contribution in [1.29, 1.82) is 0 Å². The monoisotopic (exact) mass is 155 g/mol. The molecule has 62 valence electrons. The third-order valence-corrected chi connectivity index (χ3v) is 1.91. The summed E-state index contributed by atoms with van der Waals surface area (Å²) in [7, 11) is 0. The first-order valence-electron chi connectivity index (χ1n) is 3.76. The number of hydrogen-bond donors (Lipinski definition) is 2. The molecule has 3 nitrogen and oxygen atoms in total. The van der Waals surface area contributed by atoms with Crippen LogP contribution >= 0.6 is 0 Å². The van der Waals surface area contributed by atoms with E-state index in [-0.39, 0.29) is 17.8 Å². The first-order valence-corrected chi connectivity index (χ1v) is 3.76. The average molecular weight is 155 g/mol. The molecule has 3 heteroatoms. The fourth-order valence-electron chi connectivity index (χ4n) is 1.06. The topological polar surface area (TPSA) is 45.4 Å². The normalized spacial score (nSPS) is 13.3. The standard InChI is InChI=1S/C8H13NO2/c1-3-6(2)9-7(10)4-5-8(9)11/h4-6,10-11H,3H2,1-2H3. The highest BCUT2D eigenvalue weighted by Gasteiger charge is 2.10. The van der Waals surface area contributed by atoms with E-state index >= 15 is 0 Å². The van der Waals surface area contributed by atoms with Crippen LogP contribution < -0.4 is 0 Å². The van der Waals surface area contributed by atoms with Crippen LogP contribution in [0, 0.1) is 0 Å². The minimum atomic E-state index is 0.122. The Morgan fingerprint density at radius 2 is 1.82 bits per heavy atom. The summed E-state index contributed by atoms with van der Waals surface area (Å²) >= 11 is 0. The van der Waals surface area contributed by atoms with Gasteiger partial charge in [-0.25, -0.2) is 0 Å². The second-order valence-corrected chi connectivity index (χ2v) is 2.68. The third kappa shape index (κ3) is 1.31. The van der Waals surface area contributed by atoms with E-state index < -0.39 is 0 Å². The SMILES string of the molecule is CCC(C)n1c(O)ccc1O. The lowest BCUT2D eigenvalue weighted by molar-refractivity contribution is 0.337. The molecular weight excluding hydrogens is 142 g/mol. The van der Waals surface area contributed by atoms with Crippen molar-refractivity contribution in [2.75, 3.05) is 0 Å². The lowest BCUT2D eigenvalue weighted by Gasteiger charge is -2.12. The molecule has 0 radical (unpaired) electrons. The molecule has 0 aliphatic heterocycles. The maximum Gasteiger partial charge on any atom is 0.194 e. The van der Waals surface area contributed by atoms with Crippen LogP contribution in [0.15, 0.2) is 12.1 Å². The highest BCUT2D eigenvalue weighted by atomic mass is 16.3. The summed E-state index contributed by atoms with van der Waals surface area (Å²) in [5, 5.41) is 18.5. The second-order valence-electron chi connectivity index (χ2n) is 2.68. The van der Waals surface area contributed by atoms with Gasteiger partial charge in [-0.2, -0.15) is 0 Å². The summed E-state index contributed by atoms with van der Waals surface area (Å²) in [6.07, 6.45) is 0.885. The molecule has 1 atom stereocenters. The average Bonchev–Trinajstić information content (AvgIpc) is 2.30. The van der Waals surface area contributed by atoms with Gasteiger partial charge in [0, 0.05) is 18.2 Å². The molecule has 1 aromatic rings. The van der Waals surface area contributed by atoms with Crippen LogP contribution in [0.3, 0.4) is 0 Å². The first kappa shape index (κ1) is 7.98. The van der Waals surface area contributed by atoms with Gasteiger partial charge in [-0.3, -0.25) is 4.57 Å². The summed E-state index contributed by atoms with van der Waals surface area (Å²) in [4.78, 5) is 0. The lowest BCUT2D eigenvalue weighted by atomic mass is 10.2. The first-order chi connectivity index (χ1) is 5.16. The van der Waals surface area contributed by atoms with Crippen LogP contribution in [0.4, 0.5) is 0 Å². The van der Waals surface area contributed by atoms with E-state index in [1.807, 2.05) is 13.8 Å². The molecule has 2 N–H and O–H groups in total. The maximum absolute atomic E-state index is 9.24. The van der Waals surface area contributed by atoms with E-state index in [2.05, 4.69) is 0 Å². The number of aromatic hydroxyl groups is 2. The quantitative estimate of drug-likeness (QED) is 0.684. The van der Waals surface area contributed by atoms with Crippen molar-refractivity contribution < 1.29 is 10.2 Å². The summed E-state index contributed by atoms with van der Waals surface area (Å²) in [5.74, 6) is 0.244. The highest BCUT2D eigenvalue weighted by Crippen LogP contribution is 2.27. The summed E-state index contributed by atoms with van der Waals surface area (Å²) in [5.41, 5.74) is 0. The minimum absolute atomic E-state index is 0.122. The molecule has 0 spiro atoms. The van der Waals surface area contributed by atoms with E-state index in [1.54, 1.807) is 0 Å². The van der Waals surface area contributed by atoms with E-state index in [9.17, 15) is 10.2 Å². The maximum atomic E-state index is 9.24. The molecule has 0 aromatic carbocycles. The van der Waals surface area contributed by atoms with Crippen LogP contribution in [0.25, 0.3) is 0 Å². The molecule has 0 fully saturated rings. The summed E-state index contributed by atoms with van der Waals surface area (Å²) in [6.45, 7) is 3.95. The Hall–Kier alpha value is -1.12. The second kappa shape index (κ2) is 2.86. The Kier molecular flexibility index (Phi) is 2.08. The van der Waals surface area contributed by atoms with Crippen molar-refractivity contribution in [1.82, 2.24) is 4.57 Å². The number of aromatic nitrogens is 1. The van der Waals surface area contributed by atoms with Gasteiger partial charge in [0.25, 0.3) is 0 Å². The lowest BCUT2D eigenvalue weighted by Crippen LogP contribution is -2.01.